The van der Waals surface area contributed by atoms with Crippen molar-refractivity contribution in [2.75, 3.05) is 11.6 Å². The molecule has 9 heteroatoms. The number of amides is 1. The molecule has 0 aliphatic rings. The zero-order valence-corrected chi connectivity index (χ0v) is 13.6. The van der Waals surface area contributed by atoms with Gasteiger partial charge in [-0.15, -0.1) is 0 Å². The van der Waals surface area contributed by atoms with Crippen LogP contribution in [0, 0.1) is 0 Å². The molecule has 0 atom stereocenters. The van der Waals surface area contributed by atoms with Gasteiger partial charge in [0.05, 0.1) is 4.90 Å². The van der Waals surface area contributed by atoms with Crippen molar-refractivity contribution in [1.29, 1.82) is 0 Å². The molecule has 0 bridgehead atoms. The lowest BCUT2D eigenvalue weighted by Gasteiger charge is -2.18. The predicted molar refractivity (Wildman–Crippen MR) is 80.4 cm³/mol. The van der Waals surface area contributed by atoms with Crippen molar-refractivity contribution in [2.45, 2.75) is 31.3 Å². The van der Waals surface area contributed by atoms with Crippen molar-refractivity contribution < 1.29 is 17.9 Å². The van der Waals surface area contributed by atoms with Gasteiger partial charge in [0, 0.05) is 12.5 Å². The van der Waals surface area contributed by atoms with Gasteiger partial charge in [-0.25, -0.2) is 23.2 Å². The normalized spacial score (nSPS) is 12.4. The van der Waals surface area contributed by atoms with Gasteiger partial charge in [0.25, 0.3) is 0 Å². The van der Waals surface area contributed by atoms with Crippen LogP contribution >= 0.6 is 11.3 Å². The van der Waals surface area contributed by atoms with Crippen molar-refractivity contribution in [3.63, 3.8) is 0 Å². The molecule has 0 saturated carbocycles. The number of pyridine rings is 1. The molecular formula is C12H15N3O4S2. The molecule has 114 valence electrons. The van der Waals surface area contributed by atoms with Crippen LogP contribution in [-0.2, 0) is 14.6 Å². The SMILES string of the molecule is CC(C)(C)OC(=O)Nc1nc2cc(S(C)(=O)=O)cnc2s1. The van der Waals surface area contributed by atoms with E-state index in [1.54, 1.807) is 20.8 Å². The Morgan fingerprint density at radius 3 is 2.62 bits per heavy atom. The van der Waals surface area contributed by atoms with Gasteiger partial charge in [-0.1, -0.05) is 11.3 Å². The number of nitrogens with one attached hydrogen (secondary N) is 1. The summed E-state index contributed by atoms with van der Waals surface area (Å²) in [6, 6.07) is 1.43. The lowest BCUT2D eigenvalue weighted by Crippen LogP contribution is -2.27. The van der Waals surface area contributed by atoms with E-state index >= 15 is 0 Å². The Bertz CT molecular complexity index is 790. The van der Waals surface area contributed by atoms with Crippen LogP contribution in [0.2, 0.25) is 0 Å². The average Bonchev–Trinajstić information content (AvgIpc) is 2.65. The highest BCUT2D eigenvalue weighted by atomic mass is 32.2. The summed E-state index contributed by atoms with van der Waals surface area (Å²) in [7, 11) is -3.34. The first-order valence-corrected chi connectivity index (χ1v) is 8.72. The van der Waals surface area contributed by atoms with Gasteiger partial charge < -0.3 is 4.74 Å². The Balaban J connectivity index is 2.25. The van der Waals surface area contributed by atoms with E-state index < -0.39 is 21.5 Å². The van der Waals surface area contributed by atoms with E-state index in [-0.39, 0.29) is 4.90 Å². The predicted octanol–water partition coefficient (Wildman–Crippen LogP) is 2.44. The first kappa shape index (κ1) is 15.6. The number of fused-ring (bicyclic) bond motifs is 1. The Morgan fingerprint density at radius 2 is 2.05 bits per heavy atom. The fourth-order valence-corrected chi connectivity index (χ4v) is 2.80. The molecule has 21 heavy (non-hydrogen) atoms. The lowest BCUT2D eigenvalue weighted by atomic mass is 10.2. The summed E-state index contributed by atoms with van der Waals surface area (Å²) >= 11 is 1.14. The topological polar surface area (TPSA) is 98.2 Å². The minimum atomic E-state index is -3.34. The fraction of sp³-hybridized carbons (Fsp3) is 0.417. The Kier molecular flexibility index (Phi) is 3.89. The molecule has 0 aromatic carbocycles. The molecule has 0 aliphatic heterocycles. The van der Waals surface area contributed by atoms with Gasteiger partial charge in [-0.3, -0.25) is 5.32 Å². The zero-order chi connectivity index (χ0) is 15.8. The third-order valence-corrected chi connectivity index (χ3v) is 4.23. The van der Waals surface area contributed by atoms with Crippen LogP contribution in [0.4, 0.5) is 9.93 Å². The molecule has 2 heterocycles. The highest BCUT2D eigenvalue weighted by Gasteiger charge is 2.18. The number of aromatic nitrogens is 2. The molecule has 0 fully saturated rings. The number of anilines is 1. The fourth-order valence-electron chi connectivity index (χ4n) is 1.45. The molecule has 2 aromatic heterocycles. The molecule has 0 spiro atoms. The van der Waals surface area contributed by atoms with Gasteiger partial charge in [0.2, 0.25) is 0 Å². The van der Waals surface area contributed by atoms with E-state index in [0.29, 0.717) is 15.5 Å². The van der Waals surface area contributed by atoms with Crippen LogP contribution in [0.25, 0.3) is 10.3 Å². The second kappa shape index (κ2) is 5.23. The summed E-state index contributed by atoms with van der Waals surface area (Å²) in [6.07, 6.45) is 1.75. The van der Waals surface area contributed by atoms with Gasteiger partial charge >= 0.3 is 6.09 Å². The molecule has 0 saturated heterocycles. The van der Waals surface area contributed by atoms with Crippen LogP contribution in [0.15, 0.2) is 17.2 Å². The molecule has 2 aromatic rings. The number of carbonyl (C=O) groups is 1. The average molecular weight is 329 g/mol. The van der Waals surface area contributed by atoms with Crippen molar-refractivity contribution in [3.8, 4) is 0 Å². The lowest BCUT2D eigenvalue weighted by molar-refractivity contribution is 0.0636. The number of rotatable bonds is 2. The smallest absolute Gasteiger partial charge is 0.413 e. The minimum absolute atomic E-state index is 0.0871. The third kappa shape index (κ3) is 4.11. The van der Waals surface area contributed by atoms with Crippen molar-refractivity contribution in [1.82, 2.24) is 9.97 Å². The molecule has 0 aliphatic carbocycles. The summed E-state index contributed by atoms with van der Waals surface area (Å²) in [4.78, 5) is 20.4. The van der Waals surface area contributed by atoms with E-state index in [0.717, 1.165) is 17.6 Å². The third-order valence-electron chi connectivity index (χ3n) is 2.26. The second-order valence-corrected chi connectivity index (χ2v) is 8.41. The quantitative estimate of drug-likeness (QED) is 0.908. The molecular weight excluding hydrogens is 314 g/mol. The standard InChI is InChI=1S/C12H15N3O4S2/c1-12(2,3)19-11(16)15-10-14-8-5-7(21(4,17)18)6-13-9(8)20-10/h5-6H,1-4H3,(H,14,15,16). The summed E-state index contributed by atoms with van der Waals surface area (Å²) in [5.74, 6) is 0. The zero-order valence-electron chi connectivity index (χ0n) is 12.0. The highest BCUT2D eigenvalue weighted by molar-refractivity contribution is 7.90. The van der Waals surface area contributed by atoms with Crippen LogP contribution in [-0.4, -0.2) is 36.3 Å². The first-order chi connectivity index (χ1) is 9.54. The number of nitrogens with zero attached hydrogens (tertiary/aromatic N) is 2. The minimum Gasteiger partial charge on any atom is -0.444 e. The van der Waals surface area contributed by atoms with E-state index in [1.165, 1.54) is 12.3 Å². The number of hydrogen-bond acceptors (Lipinski definition) is 7. The second-order valence-electron chi connectivity index (χ2n) is 5.41. The van der Waals surface area contributed by atoms with Crippen LogP contribution in [0.5, 0.6) is 0 Å². The van der Waals surface area contributed by atoms with Gasteiger partial charge in [0.1, 0.15) is 15.9 Å². The van der Waals surface area contributed by atoms with E-state index in [4.69, 9.17) is 4.74 Å². The number of hydrogen-bond donors (Lipinski definition) is 1. The van der Waals surface area contributed by atoms with Crippen LogP contribution in [0.3, 0.4) is 0 Å². The number of sulfone groups is 1. The van der Waals surface area contributed by atoms with Gasteiger partial charge in [-0.2, -0.15) is 0 Å². The first-order valence-electron chi connectivity index (χ1n) is 6.01. The molecule has 2 rings (SSSR count). The van der Waals surface area contributed by atoms with Gasteiger partial charge in [-0.05, 0) is 26.8 Å². The summed E-state index contributed by atoms with van der Waals surface area (Å²) < 4.78 is 28.0. The van der Waals surface area contributed by atoms with Crippen LogP contribution in [0.1, 0.15) is 20.8 Å². The Morgan fingerprint density at radius 1 is 1.38 bits per heavy atom. The highest BCUT2D eigenvalue weighted by Crippen LogP contribution is 2.26. The molecule has 7 nitrogen and oxygen atoms in total. The van der Waals surface area contributed by atoms with Crippen molar-refractivity contribution >= 4 is 42.7 Å². The molecule has 0 radical (unpaired) electrons. The maximum Gasteiger partial charge on any atom is 0.413 e. The maximum atomic E-state index is 11.6. The molecule has 0 unspecified atom stereocenters. The summed E-state index contributed by atoms with van der Waals surface area (Å²) in [6.45, 7) is 5.26. The number of ether oxygens (including phenoxy) is 1. The number of thiazole rings is 1. The Hall–Kier alpha value is -1.74. The van der Waals surface area contributed by atoms with E-state index in [1.807, 2.05) is 0 Å². The maximum absolute atomic E-state index is 11.6. The summed E-state index contributed by atoms with van der Waals surface area (Å²) in [5, 5.41) is 2.81. The van der Waals surface area contributed by atoms with E-state index in [9.17, 15) is 13.2 Å². The van der Waals surface area contributed by atoms with Crippen LogP contribution < -0.4 is 5.32 Å². The molecule has 1 N–H and O–H groups in total. The number of carbonyl (C=O) groups excluding carboxylic acids is 1. The van der Waals surface area contributed by atoms with Crippen molar-refractivity contribution in [3.05, 3.63) is 12.3 Å². The summed E-state index contributed by atoms with van der Waals surface area (Å²) in [5.41, 5.74) is -0.198. The Labute approximate surface area is 126 Å². The monoisotopic (exact) mass is 329 g/mol. The molecule has 1 amide bonds. The van der Waals surface area contributed by atoms with E-state index in [2.05, 4.69) is 15.3 Å². The van der Waals surface area contributed by atoms with Crippen molar-refractivity contribution in [2.24, 2.45) is 0 Å². The largest absolute Gasteiger partial charge is 0.444 e. The van der Waals surface area contributed by atoms with Gasteiger partial charge in [0.15, 0.2) is 15.0 Å².